The van der Waals surface area contributed by atoms with Gasteiger partial charge < -0.3 is 23.8 Å². The first-order chi connectivity index (χ1) is 14.7. The van der Waals surface area contributed by atoms with Crippen molar-refractivity contribution in [2.45, 2.75) is 55.6 Å². The second-order valence-corrected chi connectivity index (χ2v) is 8.54. The van der Waals surface area contributed by atoms with Gasteiger partial charge in [-0.3, -0.25) is 0 Å². The molecule has 2 aromatic rings. The summed E-state index contributed by atoms with van der Waals surface area (Å²) in [5.41, 5.74) is 0.743. The molecule has 3 aliphatic rings. The maximum Gasteiger partial charge on any atom is 0.203 e. The van der Waals surface area contributed by atoms with Crippen LogP contribution in [0.1, 0.15) is 25.7 Å². The number of rotatable bonds is 4. The van der Waals surface area contributed by atoms with Crippen molar-refractivity contribution in [3.63, 3.8) is 0 Å². The molecule has 7 nitrogen and oxygen atoms in total. The van der Waals surface area contributed by atoms with Crippen LogP contribution in [0.3, 0.4) is 0 Å². The van der Waals surface area contributed by atoms with Crippen molar-refractivity contribution in [1.82, 2.24) is 9.97 Å². The molecule has 0 saturated carbocycles. The van der Waals surface area contributed by atoms with Gasteiger partial charge in [-0.15, -0.1) is 0 Å². The molecule has 9 heteroatoms. The van der Waals surface area contributed by atoms with Crippen LogP contribution in [0.25, 0.3) is 10.9 Å². The van der Waals surface area contributed by atoms with Crippen LogP contribution in [0.4, 0.5) is 10.2 Å². The molecule has 30 heavy (non-hydrogen) atoms. The molecule has 162 valence electrons. The lowest BCUT2D eigenvalue weighted by atomic mass is 10.1. The Labute approximate surface area is 179 Å². The zero-order chi connectivity index (χ0) is 20.5. The summed E-state index contributed by atoms with van der Waals surface area (Å²) in [7, 11) is 0. The fraction of sp³-hybridized carbons (Fsp3) is 0.619. The summed E-state index contributed by atoms with van der Waals surface area (Å²) in [5, 5.41) is 1.33. The van der Waals surface area contributed by atoms with E-state index in [1.807, 2.05) is 24.5 Å². The molecule has 3 aliphatic heterocycles. The maximum atomic E-state index is 16.2. The molecule has 2 fully saturated rings. The lowest BCUT2D eigenvalue weighted by molar-refractivity contribution is -0.205. The van der Waals surface area contributed by atoms with Gasteiger partial charge in [0.15, 0.2) is 11.4 Å². The van der Waals surface area contributed by atoms with E-state index in [0.29, 0.717) is 36.5 Å². The van der Waals surface area contributed by atoms with Gasteiger partial charge in [0.1, 0.15) is 24.3 Å². The van der Waals surface area contributed by atoms with E-state index in [-0.39, 0.29) is 12.6 Å². The number of thioether (sulfide) groups is 1. The predicted molar refractivity (Wildman–Crippen MR) is 112 cm³/mol. The summed E-state index contributed by atoms with van der Waals surface area (Å²) in [6.45, 7) is 1.79. The minimum Gasteiger partial charge on any atom is -0.490 e. The van der Waals surface area contributed by atoms with E-state index in [1.54, 1.807) is 4.90 Å². The highest BCUT2D eigenvalue weighted by Crippen LogP contribution is 2.39. The summed E-state index contributed by atoms with van der Waals surface area (Å²) in [5.74, 6) is 1.19. The minimum atomic E-state index is -1.44. The van der Waals surface area contributed by atoms with E-state index in [4.69, 9.17) is 23.9 Å². The number of ether oxygens (including phenoxy) is 4. The Morgan fingerprint density at radius 3 is 2.87 bits per heavy atom. The third-order valence-electron chi connectivity index (χ3n) is 5.81. The Morgan fingerprint density at radius 1 is 1.17 bits per heavy atom. The number of benzene rings is 1. The lowest BCUT2D eigenvalue weighted by Crippen LogP contribution is -2.52. The standard InChI is InChI=1S/C21H26FN3O4S/c1-30-21-23-14-5-4-6-15-18(14)20(24-21)25(13-8-10-26-11-13)19(22)16(12-28-15)29-17-7-2-3-9-27-17/h4-6,13,16-17,19H,2-3,7-12H2,1H3. The fourth-order valence-corrected chi connectivity index (χ4v) is 4.66. The predicted octanol–water partition coefficient (Wildman–Crippen LogP) is 3.55. The van der Waals surface area contributed by atoms with Crippen molar-refractivity contribution in [2.24, 2.45) is 0 Å². The Kier molecular flexibility index (Phi) is 5.95. The Bertz CT molecular complexity index is 892. The van der Waals surface area contributed by atoms with E-state index in [9.17, 15) is 0 Å². The molecule has 0 N–H and O–H groups in total. The molecule has 0 aliphatic carbocycles. The van der Waals surface area contributed by atoms with Crippen LogP contribution in [-0.2, 0) is 14.2 Å². The molecule has 0 spiro atoms. The van der Waals surface area contributed by atoms with Crippen LogP contribution in [0.2, 0.25) is 0 Å². The number of alkyl halides is 1. The van der Waals surface area contributed by atoms with E-state index in [2.05, 4.69) is 4.98 Å². The maximum absolute atomic E-state index is 16.2. The Balaban J connectivity index is 1.58. The molecule has 0 amide bonds. The van der Waals surface area contributed by atoms with E-state index in [0.717, 1.165) is 36.6 Å². The van der Waals surface area contributed by atoms with Gasteiger partial charge in [-0.1, -0.05) is 17.8 Å². The molecule has 5 rings (SSSR count). The first kappa shape index (κ1) is 20.2. The number of hydrogen-bond acceptors (Lipinski definition) is 8. The topological polar surface area (TPSA) is 65.9 Å². The molecule has 1 aromatic heterocycles. The summed E-state index contributed by atoms with van der Waals surface area (Å²) < 4.78 is 39.6. The molecular formula is C21H26FN3O4S. The van der Waals surface area contributed by atoms with Crippen molar-refractivity contribution < 1.29 is 23.3 Å². The van der Waals surface area contributed by atoms with Crippen LogP contribution >= 0.6 is 11.8 Å². The smallest absolute Gasteiger partial charge is 0.203 e. The number of nitrogens with zero attached hydrogens (tertiary/aromatic N) is 3. The number of aromatic nitrogens is 2. The zero-order valence-corrected chi connectivity index (χ0v) is 17.8. The summed E-state index contributed by atoms with van der Waals surface area (Å²) >= 11 is 1.44. The van der Waals surface area contributed by atoms with Crippen molar-refractivity contribution in [2.75, 3.05) is 37.6 Å². The van der Waals surface area contributed by atoms with Crippen LogP contribution in [0, 0.1) is 0 Å². The highest BCUT2D eigenvalue weighted by atomic mass is 32.2. The highest BCUT2D eigenvalue weighted by Gasteiger charge is 2.40. The van der Waals surface area contributed by atoms with Gasteiger partial charge in [0.05, 0.1) is 23.6 Å². The van der Waals surface area contributed by atoms with Crippen molar-refractivity contribution in [1.29, 1.82) is 0 Å². The third kappa shape index (κ3) is 3.84. The quantitative estimate of drug-likeness (QED) is 0.410. The van der Waals surface area contributed by atoms with Gasteiger partial charge in [-0.25, -0.2) is 14.4 Å². The lowest BCUT2D eigenvalue weighted by Gasteiger charge is -2.39. The second kappa shape index (κ2) is 8.82. The number of anilines is 1. The summed E-state index contributed by atoms with van der Waals surface area (Å²) in [4.78, 5) is 11.1. The van der Waals surface area contributed by atoms with Crippen molar-refractivity contribution in [3.8, 4) is 5.75 Å². The average Bonchev–Trinajstić information content (AvgIpc) is 3.30. The molecule has 4 heterocycles. The molecular weight excluding hydrogens is 409 g/mol. The second-order valence-electron chi connectivity index (χ2n) is 7.76. The molecule has 0 radical (unpaired) electrons. The van der Waals surface area contributed by atoms with E-state index < -0.39 is 18.7 Å². The van der Waals surface area contributed by atoms with E-state index in [1.165, 1.54) is 11.8 Å². The minimum absolute atomic E-state index is 0.0912. The Hall–Kier alpha value is -1.68. The zero-order valence-electron chi connectivity index (χ0n) is 17.0. The summed E-state index contributed by atoms with van der Waals surface area (Å²) in [6.07, 6.45) is 2.79. The molecule has 2 saturated heterocycles. The molecule has 4 atom stereocenters. The van der Waals surface area contributed by atoms with Gasteiger partial charge in [0.25, 0.3) is 0 Å². The third-order valence-corrected chi connectivity index (χ3v) is 6.36. The molecule has 4 unspecified atom stereocenters. The normalized spacial score (nSPS) is 29.5. The van der Waals surface area contributed by atoms with Crippen LogP contribution in [0.15, 0.2) is 23.4 Å². The molecule has 1 aromatic carbocycles. The van der Waals surface area contributed by atoms with Crippen LogP contribution in [0.5, 0.6) is 5.75 Å². The van der Waals surface area contributed by atoms with Crippen molar-refractivity contribution in [3.05, 3.63) is 18.2 Å². The fourth-order valence-electron chi connectivity index (χ4n) is 4.29. The summed E-state index contributed by atoms with van der Waals surface area (Å²) in [6, 6.07) is 5.56. The largest absolute Gasteiger partial charge is 0.490 e. The van der Waals surface area contributed by atoms with Crippen molar-refractivity contribution >= 4 is 28.5 Å². The SMILES string of the molecule is CSc1nc2c3c(cccc3n1)OCC(OC1CCCCO1)C(F)N2C1CCOC1. The van der Waals surface area contributed by atoms with Gasteiger partial charge >= 0.3 is 0 Å². The molecule has 0 bridgehead atoms. The first-order valence-electron chi connectivity index (χ1n) is 10.5. The van der Waals surface area contributed by atoms with Crippen LogP contribution in [-0.4, -0.2) is 67.4 Å². The van der Waals surface area contributed by atoms with E-state index >= 15 is 4.39 Å². The van der Waals surface area contributed by atoms with Crippen LogP contribution < -0.4 is 9.64 Å². The van der Waals surface area contributed by atoms with Gasteiger partial charge in [-0.2, -0.15) is 0 Å². The highest BCUT2D eigenvalue weighted by molar-refractivity contribution is 7.98. The Morgan fingerprint density at radius 2 is 2.10 bits per heavy atom. The van der Waals surface area contributed by atoms with Gasteiger partial charge in [0.2, 0.25) is 6.30 Å². The number of hydrogen-bond donors (Lipinski definition) is 0. The first-order valence-corrected chi connectivity index (χ1v) is 11.7. The van der Waals surface area contributed by atoms with Gasteiger partial charge in [-0.05, 0) is 44.1 Å². The average molecular weight is 436 g/mol. The number of halogens is 1. The monoisotopic (exact) mass is 435 g/mol. The van der Waals surface area contributed by atoms with Gasteiger partial charge in [0, 0.05) is 13.2 Å².